The van der Waals surface area contributed by atoms with Crippen LogP contribution < -0.4 is 10.1 Å². The molecule has 3 aliphatic rings. The zero-order valence-electron chi connectivity index (χ0n) is 22.2. The standard InChI is InChI=1S/C28H44FN3O4/c1-20-16-23(18-31(20)2)30-27(33)32-14-7-8-22(17-32)28(34,13-4-5-15-35-3)24-9-6-10-25(29)26(24)36-19-21-11-12-21/h6,9-10,20-23,34H,4-5,7-8,11-19H2,1-3H3,(H,30,33)/t20?,22-,23+,28+/m1/s1. The fourth-order valence-electron chi connectivity index (χ4n) is 5.80. The van der Waals surface area contributed by atoms with Crippen molar-refractivity contribution in [3.05, 3.63) is 29.6 Å². The minimum atomic E-state index is -1.30. The Bertz CT molecular complexity index is 872. The molecule has 2 aliphatic heterocycles. The van der Waals surface area contributed by atoms with Gasteiger partial charge in [0.2, 0.25) is 0 Å². The van der Waals surface area contributed by atoms with E-state index in [-0.39, 0.29) is 23.7 Å². The Hall–Kier alpha value is -1.90. The lowest BCUT2D eigenvalue weighted by molar-refractivity contribution is -0.0583. The molecule has 2 saturated heterocycles. The monoisotopic (exact) mass is 505 g/mol. The summed E-state index contributed by atoms with van der Waals surface area (Å²) in [6.07, 6.45) is 6.72. The molecule has 202 valence electrons. The van der Waals surface area contributed by atoms with Gasteiger partial charge < -0.3 is 29.7 Å². The molecule has 1 unspecified atom stereocenters. The Labute approximate surface area is 215 Å². The first kappa shape index (κ1) is 27.1. The first-order valence-electron chi connectivity index (χ1n) is 13.7. The maximum absolute atomic E-state index is 15.0. The number of unbranched alkanes of at least 4 members (excludes halogenated alkanes) is 1. The highest BCUT2D eigenvalue weighted by molar-refractivity contribution is 5.74. The molecule has 1 saturated carbocycles. The highest BCUT2D eigenvalue weighted by Crippen LogP contribution is 2.45. The van der Waals surface area contributed by atoms with Crippen LogP contribution in [0, 0.1) is 17.7 Å². The van der Waals surface area contributed by atoms with Crippen LogP contribution in [0.1, 0.15) is 63.9 Å². The smallest absolute Gasteiger partial charge is 0.317 e. The molecule has 2 N–H and O–H groups in total. The largest absolute Gasteiger partial charge is 0.490 e. The van der Waals surface area contributed by atoms with Crippen LogP contribution >= 0.6 is 0 Å². The van der Waals surface area contributed by atoms with Gasteiger partial charge in [0.25, 0.3) is 0 Å². The molecule has 0 radical (unpaired) electrons. The van der Waals surface area contributed by atoms with Gasteiger partial charge in [-0.2, -0.15) is 0 Å². The quantitative estimate of drug-likeness (QED) is 0.443. The van der Waals surface area contributed by atoms with E-state index in [2.05, 4.69) is 24.2 Å². The van der Waals surface area contributed by atoms with Crippen LogP contribution in [-0.4, -0.2) is 80.0 Å². The van der Waals surface area contributed by atoms with E-state index in [4.69, 9.17) is 9.47 Å². The average Bonchev–Trinajstić information content (AvgIpc) is 3.64. The van der Waals surface area contributed by atoms with Crippen molar-refractivity contribution in [1.82, 2.24) is 15.1 Å². The lowest BCUT2D eigenvalue weighted by Gasteiger charge is -2.43. The predicted octanol–water partition coefficient (Wildman–Crippen LogP) is 4.13. The average molecular weight is 506 g/mol. The first-order valence-corrected chi connectivity index (χ1v) is 13.7. The maximum Gasteiger partial charge on any atom is 0.317 e. The van der Waals surface area contributed by atoms with E-state index in [1.54, 1.807) is 19.2 Å². The number of methoxy groups -OCH3 is 1. The molecule has 2 heterocycles. The Morgan fingerprint density at radius 3 is 2.75 bits per heavy atom. The van der Waals surface area contributed by atoms with E-state index in [0.29, 0.717) is 50.2 Å². The number of hydrogen-bond donors (Lipinski definition) is 2. The molecule has 3 fully saturated rings. The number of ether oxygens (including phenoxy) is 2. The van der Waals surface area contributed by atoms with Crippen molar-refractivity contribution in [2.75, 3.05) is 47.0 Å². The van der Waals surface area contributed by atoms with Gasteiger partial charge in [-0.05, 0) is 77.3 Å². The molecular formula is C28H44FN3O4. The summed E-state index contributed by atoms with van der Waals surface area (Å²) in [4.78, 5) is 17.3. The Morgan fingerprint density at radius 1 is 1.25 bits per heavy atom. The normalized spacial score (nSPS) is 26.6. The number of halogens is 1. The van der Waals surface area contributed by atoms with Gasteiger partial charge in [-0.3, -0.25) is 0 Å². The summed E-state index contributed by atoms with van der Waals surface area (Å²) in [7, 11) is 3.75. The van der Waals surface area contributed by atoms with Crippen molar-refractivity contribution in [2.24, 2.45) is 11.8 Å². The summed E-state index contributed by atoms with van der Waals surface area (Å²) in [5, 5.41) is 15.5. The third-order valence-corrected chi connectivity index (χ3v) is 8.35. The van der Waals surface area contributed by atoms with E-state index >= 15 is 4.39 Å². The number of carbonyl (C=O) groups is 1. The highest BCUT2D eigenvalue weighted by atomic mass is 19.1. The first-order chi connectivity index (χ1) is 17.3. The van der Waals surface area contributed by atoms with Crippen molar-refractivity contribution in [1.29, 1.82) is 0 Å². The van der Waals surface area contributed by atoms with Crippen molar-refractivity contribution in [3.63, 3.8) is 0 Å². The third kappa shape index (κ3) is 6.50. The van der Waals surface area contributed by atoms with E-state index in [1.165, 1.54) is 6.07 Å². The van der Waals surface area contributed by atoms with Gasteiger partial charge in [0.1, 0.15) is 0 Å². The number of para-hydroxylation sites is 1. The number of amides is 2. The molecule has 8 heteroatoms. The van der Waals surface area contributed by atoms with Crippen molar-refractivity contribution in [2.45, 2.75) is 76.0 Å². The number of nitrogens with zero attached hydrogens (tertiary/aromatic N) is 2. The number of likely N-dealkylation sites (tertiary alicyclic amines) is 2. The van der Waals surface area contributed by atoms with Crippen molar-refractivity contribution in [3.8, 4) is 5.75 Å². The Kier molecular flexibility index (Phi) is 9.12. The summed E-state index contributed by atoms with van der Waals surface area (Å²) in [5.41, 5.74) is -0.783. The molecule has 36 heavy (non-hydrogen) atoms. The number of carbonyl (C=O) groups excluding carboxylic acids is 1. The molecule has 1 aromatic carbocycles. The second kappa shape index (κ2) is 12.1. The zero-order valence-corrected chi connectivity index (χ0v) is 22.2. The summed E-state index contributed by atoms with van der Waals surface area (Å²) in [6, 6.07) is 5.37. The lowest BCUT2D eigenvalue weighted by Crippen LogP contribution is -2.52. The van der Waals surface area contributed by atoms with Gasteiger partial charge in [0, 0.05) is 56.9 Å². The minimum absolute atomic E-state index is 0.0709. The molecule has 1 aliphatic carbocycles. The van der Waals surface area contributed by atoms with E-state index in [0.717, 1.165) is 51.5 Å². The number of likely N-dealkylation sites (N-methyl/N-ethyl adjacent to an activating group) is 1. The highest BCUT2D eigenvalue weighted by Gasteiger charge is 2.44. The van der Waals surface area contributed by atoms with Crippen LogP contribution in [0.15, 0.2) is 18.2 Å². The SMILES string of the molecule is COCCCC[C@@](O)(c1cccc(F)c1OCC1CC1)[C@@H]1CCCN(C(=O)N[C@H]2CC(C)N(C)C2)C1. The number of benzene rings is 1. The summed E-state index contributed by atoms with van der Waals surface area (Å²) in [5.74, 6) is -0.00943. The number of rotatable bonds is 11. The van der Waals surface area contributed by atoms with Crippen molar-refractivity contribution >= 4 is 6.03 Å². The van der Waals surface area contributed by atoms with Crippen LogP contribution in [0.4, 0.5) is 9.18 Å². The third-order valence-electron chi connectivity index (χ3n) is 8.35. The van der Waals surface area contributed by atoms with Gasteiger partial charge in [-0.15, -0.1) is 0 Å². The molecule has 4 rings (SSSR count). The lowest BCUT2D eigenvalue weighted by atomic mass is 9.73. The fourth-order valence-corrected chi connectivity index (χ4v) is 5.80. The van der Waals surface area contributed by atoms with Gasteiger partial charge in [0.05, 0.1) is 12.2 Å². The molecule has 0 aromatic heterocycles. The van der Waals surface area contributed by atoms with Crippen LogP contribution in [0.5, 0.6) is 5.75 Å². The molecule has 1 aromatic rings. The molecule has 0 spiro atoms. The molecule has 7 nitrogen and oxygen atoms in total. The van der Waals surface area contributed by atoms with Crippen LogP contribution in [0.25, 0.3) is 0 Å². The number of piperidine rings is 1. The van der Waals surface area contributed by atoms with Gasteiger partial charge >= 0.3 is 6.03 Å². The Balaban J connectivity index is 1.52. The van der Waals surface area contributed by atoms with Crippen LogP contribution in [0.3, 0.4) is 0 Å². The zero-order chi connectivity index (χ0) is 25.7. The van der Waals surface area contributed by atoms with Crippen LogP contribution in [0.2, 0.25) is 0 Å². The van der Waals surface area contributed by atoms with E-state index in [9.17, 15) is 9.90 Å². The number of hydrogen-bond acceptors (Lipinski definition) is 5. The van der Waals surface area contributed by atoms with E-state index in [1.807, 2.05) is 4.90 Å². The van der Waals surface area contributed by atoms with Crippen LogP contribution in [-0.2, 0) is 10.3 Å². The van der Waals surface area contributed by atoms with E-state index < -0.39 is 11.4 Å². The van der Waals surface area contributed by atoms with Crippen molar-refractivity contribution < 1.29 is 23.8 Å². The topological polar surface area (TPSA) is 74.3 Å². The minimum Gasteiger partial charge on any atom is -0.490 e. The summed E-state index contributed by atoms with van der Waals surface area (Å²) < 4.78 is 26.2. The second-order valence-electron chi connectivity index (χ2n) is 11.2. The molecule has 4 atom stereocenters. The van der Waals surface area contributed by atoms with Gasteiger partial charge in [-0.1, -0.05) is 12.1 Å². The summed E-state index contributed by atoms with van der Waals surface area (Å²) in [6.45, 7) is 5.20. The fraction of sp³-hybridized carbons (Fsp3) is 0.750. The molecule has 2 amide bonds. The second-order valence-corrected chi connectivity index (χ2v) is 11.2. The van der Waals surface area contributed by atoms with Gasteiger partial charge in [-0.25, -0.2) is 9.18 Å². The maximum atomic E-state index is 15.0. The number of nitrogens with one attached hydrogen (secondary N) is 1. The summed E-state index contributed by atoms with van der Waals surface area (Å²) >= 11 is 0. The molecular weight excluding hydrogens is 461 g/mol. The Morgan fingerprint density at radius 2 is 2.06 bits per heavy atom. The number of urea groups is 1. The predicted molar refractivity (Wildman–Crippen MR) is 138 cm³/mol. The molecule has 0 bridgehead atoms. The number of aliphatic hydroxyl groups is 1. The van der Waals surface area contributed by atoms with Gasteiger partial charge in [0.15, 0.2) is 11.6 Å².